The Balaban J connectivity index is 1.63. The van der Waals surface area contributed by atoms with Crippen LogP contribution < -0.4 is 5.32 Å². The van der Waals surface area contributed by atoms with Crippen molar-refractivity contribution < 1.29 is 64.6 Å². The van der Waals surface area contributed by atoms with Gasteiger partial charge in [-0.25, -0.2) is 0 Å². The first-order chi connectivity index (χ1) is 41.1. The molecule has 9 N–H and O–H groups in total. The van der Waals surface area contributed by atoms with Crippen LogP contribution in [0.2, 0.25) is 0 Å². The fraction of sp³-hybridized carbons (Fsp3) is 0.900. The number of ether oxygens (including phenoxy) is 4. The zero-order valence-corrected chi connectivity index (χ0v) is 53.7. The number of amides is 1. The number of aliphatic hydroxyl groups excluding tert-OH is 8. The van der Waals surface area contributed by atoms with E-state index in [1.165, 1.54) is 244 Å². The normalized spacial score (nSPS) is 23.8. The number of carbonyl (C=O) groups excluding carboxylic acids is 1. The molecule has 1 amide bonds. The van der Waals surface area contributed by atoms with E-state index in [0.717, 1.165) is 32.1 Å². The Morgan fingerprint density at radius 3 is 1.17 bits per heavy atom. The predicted molar refractivity (Wildman–Crippen MR) is 341 cm³/mol. The zero-order valence-electron chi connectivity index (χ0n) is 53.7. The van der Waals surface area contributed by atoms with Crippen LogP contribution in [0.3, 0.4) is 0 Å². The second-order valence-corrected chi connectivity index (χ2v) is 25.0. The van der Waals surface area contributed by atoms with Crippen molar-refractivity contribution in [3.05, 3.63) is 36.5 Å². The molecule has 0 aromatic heterocycles. The highest BCUT2D eigenvalue weighted by atomic mass is 16.7. The molecule has 2 rings (SSSR count). The average molecular weight is 1190 g/mol. The lowest BCUT2D eigenvalue weighted by Gasteiger charge is -2.46. The molecule has 494 valence electrons. The van der Waals surface area contributed by atoms with Crippen LogP contribution in [0.1, 0.15) is 309 Å². The lowest BCUT2D eigenvalue weighted by atomic mass is 9.97. The highest BCUT2D eigenvalue weighted by Crippen LogP contribution is 2.30. The molecule has 0 radical (unpaired) electrons. The summed E-state index contributed by atoms with van der Waals surface area (Å²) in [5.74, 6) is -0.244. The number of nitrogens with one attached hydrogen (secondary N) is 1. The molecule has 2 fully saturated rings. The summed E-state index contributed by atoms with van der Waals surface area (Å²) >= 11 is 0. The Labute approximate surface area is 512 Å². The first-order valence-electron chi connectivity index (χ1n) is 35.2. The van der Waals surface area contributed by atoms with Gasteiger partial charge in [0.15, 0.2) is 12.6 Å². The van der Waals surface area contributed by atoms with E-state index in [2.05, 4.69) is 43.5 Å². The molecule has 2 aliphatic rings. The van der Waals surface area contributed by atoms with Crippen molar-refractivity contribution in [2.24, 2.45) is 0 Å². The standard InChI is InChI=1S/C70H131NO13/c1-3-5-7-9-11-13-15-17-19-21-22-23-24-25-26-27-28-29-30-31-32-33-34-35-36-38-40-42-44-46-48-50-52-54-62(75)71-58(59(74)53-51-49-47-45-43-41-39-37-20-18-16-14-12-10-8-6-4-2)57-81-69-67(80)65(78)68(61(56-73)83-69)84-70-66(79)64(77)63(76)60(55-72)82-70/h21-22,43,45,51,53,58-61,63-70,72-74,76-80H,3-20,23-42,44,46-50,52,54-57H2,1-2H3,(H,71,75)/b22-21-,45-43+,53-51+. The van der Waals surface area contributed by atoms with Crippen molar-refractivity contribution in [1.29, 1.82) is 0 Å². The number of hydrogen-bond donors (Lipinski definition) is 9. The molecule has 0 bridgehead atoms. The van der Waals surface area contributed by atoms with Gasteiger partial charge in [0.2, 0.25) is 5.91 Å². The first kappa shape index (κ1) is 78.3. The minimum atomic E-state index is -1.79. The van der Waals surface area contributed by atoms with Crippen LogP contribution in [-0.2, 0) is 23.7 Å². The van der Waals surface area contributed by atoms with E-state index in [4.69, 9.17) is 18.9 Å². The predicted octanol–water partition coefficient (Wildman–Crippen LogP) is 14.1. The number of unbranched alkanes of at least 4 members (excludes halogenated alkanes) is 41. The molecular weight excluding hydrogens is 1060 g/mol. The van der Waals surface area contributed by atoms with Crippen molar-refractivity contribution in [2.45, 2.75) is 383 Å². The molecule has 0 saturated carbocycles. The van der Waals surface area contributed by atoms with E-state index in [-0.39, 0.29) is 18.9 Å². The fourth-order valence-corrected chi connectivity index (χ4v) is 11.7. The number of hydrogen-bond acceptors (Lipinski definition) is 13. The Morgan fingerprint density at radius 1 is 0.417 bits per heavy atom. The number of aliphatic hydroxyl groups is 8. The van der Waals surface area contributed by atoms with Crippen LogP contribution >= 0.6 is 0 Å². The van der Waals surface area contributed by atoms with Crippen molar-refractivity contribution in [3.8, 4) is 0 Å². The summed E-state index contributed by atoms with van der Waals surface area (Å²) in [6, 6.07) is -0.930. The summed E-state index contributed by atoms with van der Waals surface area (Å²) < 4.78 is 22.8. The van der Waals surface area contributed by atoms with Gasteiger partial charge in [0, 0.05) is 6.42 Å². The third-order valence-electron chi connectivity index (χ3n) is 17.3. The molecule has 2 aliphatic heterocycles. The molecule has 12 unspecified atom stereocenters. The topological polar surface area (TPSA) is 228 Å². The molecule has 2 saturated heterocycles. The minimum Gasteiger partial charge on any atom is -0.394 e. The zero-order chi connectivity index (χ0) is 60.9. The molecule has 14 heteroatoms. The average Bonchev–Trinajstić information content (AvgIpc) is 3.17. The Morgan fingerprint density at radius 2 is 0.762 bits per heavy atom. The van der Waals surface area contributed by atoms with Gasteiger partial charge in [-0.1, -0.05) is 281 Å². The van der Waals surface area contributed by atoms with Crippen LogP contribution in [0.25, 0.3) is 0 Å². The molecule has 14 nitrogen and oxygen atoms in total. The van der Waals surface area contributed by atoms with Gasteiger partial charge in [-0.2, -0.15) is 0 Å². The van der Waals surface area contributed by atoms with Gasteiger partial charge in [0.1, 0.15) is 48.8 Å². The molecule has 84 heavy (non-hydrogen) atoms. The maximum absolute atomic E-state index is 13.3. The number of carbonyl (C=O) groups is 1. The van der Waals surface area contributed by atoms with E-state index < -0.39 is 86.8 Å². The Hall–Kier alpha value is -1.79. The van der Waals surface area contributed by atoms with Crippen LogP contribution in [0.15, 0.2) is 36.5 Å². The maximum Gasteiger partial charge on any atom is 0.220 e. The molecular formula is C70H131NO13. The highest BCUT2D eigenvalue weighted by Gasteiger charge is 2.51. The Bertz CT molecular complexity index is 1550. The first-order valence-corrected chi connectivity index (χ1v) is 35.2. The summed E-state index contributed by atoms with van der Waals surface area (Å²) in [5.41, 5.74) is 0. The third-order valence-corrected chi connectivity index (χ3v) is 17.3. The highest BCUT2D eigenvalue weighted by molar-refractivity contribution is 5.76. The third kappa shape index (κ3) is 39.3. The van der Waals surface area contributed by atoms with Gasteiger partial charge in [0.05, 0.1) is 32.0 Å². The quantitative estimate of drug-likeness (QED) is 0.0204. The molecule has 0 aromatic carbocycles. The van der Waals surface area contributed by atoms with Crippen LogP contribution in [0.4, 0.5) is 0 Å². The monoisotopic (exact) mass is 1190 g/mol. The maximum atomic E-state index is 13.3. The van der Waals surface area contributed by atoms with Crippen LogP contribution in [0, 0.1) is 0 Å². The van der Waals surface area contributed by atoms with E-state index in [9.17, 15) is 45.6 Å². The van der Waals surface area contributed by atoms with E-state index >= 15 is 0 Å². The van der Waals surface area contributed by atoms with Gasteiger partial charge in [0.25, 0.3) is 0 Å². The second-order valence-electron chi connectivity index (χ2n) is 25.0. The van der Waals surface area contributed by atoms with E-state index in [1.807, 2.05) is 6.08 Å². The van der Waals surface area contributed by atoms with Crippen molar-refractivity contribution in [2.75, 3.05) is 19.8 Å². The van der Waals surface area contributed by atoms with Crippen molar-refractivity contribution in [1.82, 2.24) is 5.32 Å². The largest absolute Gasteiger partial charge is 0.394 e. The van der Waals surface area contributed by atoms with Gasteiger partial charge < -0.3 is 65.1 Å². The molecule has 0 aliphatic carbocycles. The smallest absolute Gasteiger partial charge is 0.220 e. The van der Waals surface area contributed by atoms with E-state index in [1.54, 1.807) is 6.08 Å². The number of rotatable bonds is 58. The van der Waals surface area contributed by atoms with Gasteiger partial charge in [-0.3, -0.25) is 4.79 Å². The molecule has 12 atom stereocenters. The van der Waals surface area contributed by atoms with Crippen molar-refractivity contribution in [3.63, 3.8) is 0 Å². The second kappa shape index (κ2) is 55.3. The summed E-state index contributed by atoms with van der Waals surface area (Å²) in [6.45, 7) is 2.81. The van der Waals surface area contributed by atoms with Gasteiger partial charge >= 0.3 is 0 Å². The SMILES string of the molecule is CCCCCCCCCC/C=C\CCCCCCCCCCCCCCCCCCCCCCCC(=O)NC(COC1OC(CO)C(OC2OC(CO)C(O)C(O)C2O)C(O)C1O)C(O)/C=C/CC/C=C/CCCCCCCCCCCCC. The fourth-order valence-electron chi connectivity index (χ4n) is 11.7. The molecule has 2 heterocycles. The lowest BCUT2D eigenvalue weighted by molar-refractivity contribution is -0.359. The van der Waals surface area contributed by atoms with Crippen LogP contribution in [-0.4, -0.2) is 140 Å². The summed E-state index contributed by atoms with van der Waals surface area (Å²) in [7, 11) is 0. The van der Waals surface area contributed by atoms with Crippen molar-refractivity contribution >= 4 is 5.91 Å². The number of allylic oxidation sites excluding steroid dienone is 5. The molecule has 0 spiro atoms. The Kier molecular flexibility index (Phi) is 51.5. The molecule has 0 aromatic rings. The lowest BCUT2D eigenvalue weighted by Crippen LogP contribution is -2.65. The van der Waals surface area contributed by atoms with Crippen LogP contribution in [0.5, 0.6) is 0 Å². The minimum absolute atomic E-state index is 0.244. The van der Waals surface area contributed by atoms with Gasteiger partial charge in [-0.05, 0) is 57.8 Å². The summed E-state index contributed by atoms with van der Waals surface area (Å²) in [6.07, 6.45) is 53.6. The summed E-state index contributed by atoms with van der Waals surface area (Å²) in [5, 5.41) is 87.3. The summed E-state index contributed by atoms with van der Waals surface area (Å²) in [4.78, 5) is 13.3. The van der Waals surface area contributed by atoms with Gasteiger partial charge in [-0.15, -0.1) is 0 Å². The van der Waals surface area contributed by atoms with E-state index in [0.29, 0.717) is 12.8 Å².